The quantitative estimate of drug-likeness (QED) is 0.201. The minimum Gasteiger partial charge on any atom is -0.355 e. The molecule has 7 nitrogen and oxygen atoms in total. The average Bonchev–Trinajstić information content (AvgIpc) is 2.99. The van der Waals surface area contributed by atoms with Crippen molar-refractivity contribution in [1.82, 2.24) is 10.2 Å². The lowest BCUT2D eigenvalue weighted by atomic mass is 10.0. The summed E-state index contributed by atoms with van der Waals surface area (Å²) in [5.74, 6) is -0.797. The van der Waals surface area contributed by atoms with Gasteiger partial charge in [0.2, 0.25) is 11.8 Å². The third-order valence-corrected chi connectivity index (χ3v) is 9.31. The maximum Gasteiger partial charge on any atom is 0.264 e. The fourth-order valence-corrected chi connectivity index (χ4v) is 6.66. The molecule has 0 fully saturated rings. The molecule has 43 heavy (non-hydrogen) atoms. The molecule has 0 aromatic heterocycles. The molecular formula is C34H36BrN3O4S. The van der Waals surface area contributed by atoms with Gasteiger partial charge >= 0.3 is 0 Å². The van der Waals surface area contributed by atoms with E-state index in [0.29, 0.717) is 12.2 Å². The molecule has 0 saturated heterocycles. The Hall–Kier alpha value is -3.95. The Kier molecular flexibility index (Phi) is 10.8. The van der Waals surface area contributed by atoms with E-state index in [-0.39, 0.29) is 23.8 Å². The molecule has 0 spiro atoms. The zero-order chi connectivity index (χ0) is 31.0. The standard InChI is InChI=1S/C34H36BrN3O4S/c1-4-36-34(40)32(22-27-11-7-5-8-12-27)37(23-28-15-17-29(35)18-16-28)33(39)24-38(30-20-25(2)19-26(3)21-30)43(41,42)31-13-9-6-10-14-31/h5-21,32H,4,22-24H2,1-3H3,(H,36,40)/t32-/m1/s1. The highest BCUT2D eigenvalue weighted by atomic mass is 79.9. The van der Waals surface area contributed by atoms with Crippen LogP contribution in [-0.4, -0.2) is 44.3 Å². The van der Waals surface area contributed by atoms with E-state index in [2.05, 4.69) is 21.2 Å². The normalized spacial score (nSPS) is 11.9. The number of nitrogens with zero attached hydrogens (tertiary/aromatic N) is 2. The van der Waals surface area contributed by atoms with Gasteiger partial charge in [-0.25, -0.2) is 8.42 Å². The molecule has 0 radical (unpaired) electrons. The minimum absolute atomic E-state index is 0.0750. The van der Waals surface area contributed by atoms with Crippen LogP contribution in [0, 0.1) is 13.8 Å². The summed E-state index contributed by atoms with van der Waals surface area (Å²) >= 11 is 3.45. The Labute approximate surface area is 262 Å². The zero-order valence-corrected chi connectivity index (χ0v) is 26.9. The molecule has 4 aromatic carbocycles. The van der Waals surface area contributed by atoms with Crippen molar-refractivity contribution in [2.24, 2.45) is 0 Å². The van der Waals surface area contributed by atoms with Crippen LogP contribution in [0.5, 0.6) is 0 Å². The Morgan fingerprint density at radius 1 is 0.814 bits per heavy atom. The van der Waals surface area contributed by atoms with Gasteiger partial charge in [0.1, 0.15) is 12.6 Å². The van der Waals surface area contributed by atoms with Gasteiger partial charge in [-0.05, 0) is 79.4 Å². The van der Waals surface area contributed by atoms with E-state index >= 15 is 0 Å². The van der Waals surface area contributed by atoms with Crippen LogP contribution in [0.2, 0.25) is 0 Å². The number of sulfonamides is 1. The second-order valence-electron chi connectivity index (χ2n) is 10.4. The molecule has 0 aliphatic carbocycles. The van der Waals surface area contributed by atoms with E-state index in [1.807, 2.05) is 81.4 Å². The molecule has 1 atom stereocenters. The van der Waals surface area contributed by atoms with E-state index in [9.17, 15) is 18.0 Å². The van der Waals surface area contributed by atoms with Crippen molar-refractivity contribution >= 4 is 43.5 Å². The average molecular weight is 663 g/mol. The Morgan fingerprint density at radius 2 is 1.40 bits per heavy atom. The van der Waals surface area contributed by atoms with Crippen LogP contribution in [0.1, 0.15) is 29.2 Å². The van der Waals surface area contributed by atoms with Crippen LogP contribution in [0.4, 0.5) is 5.69 Å². The second-order valence-corrected chi connectivity index (χ2v) is 13.2. The lowest BCUT2D eigenvalue weighted by molar-refractivity contribution is -0.140. The van der Waals surface area contributed by atoms with Crippen LogP contribution >= 0.6 is 15.9 Å². The monoisotopic (exact) mass is 661 g/mol. The predicted molar refractivity (Wildman–Crippen MR) is 174 cm³/mol. The van der Waals surface area contributed by atoms with E-state index in [1.54, 1.807) is 30.3 Å². The number of likely N-dealkylation sites (N-methyl/N-ethyl adjacent to an activating group) is 1. The number of carbonyl (C=O) groups excluding carboxylic acids is 2. The van der Waals surface area contributed by atoms with E-state index < -0.39 is 28.5 Å². The number of rotatable bonds is 12. The van der Waals surface area contributed by atoms with Gasteiger partial charge in [0, 0.05) is 24.0 Å². The van der Waals surface area contributed by atoms with Crippen LogP contribution in [-0.2, 0) is 32.6 Å². The first-order valence-electron chi connectivity index (χ1n) is 14.1. The zero-order valence-electron chi connectivity index (χ0n) is 24.5. The molecule has 0 aliphatic heterocycles. The number of hydrogen-bond acceptors (Lipinski definition) is 4. The van der Waals surface area contributed by atoms with Gasteiger partial charge in [0.15, 0.2) is 0 Å². The maximum absolute atomic E-state index is 14.4. The highest BCUT2D eigenvalue weighted by Crippen LogP contribution is 2.27. The highest BCUT2D eigenvalue weighted by Gasteiger charge is 2.34. The molecule has 0 unspecified atom stereocenters. The van der Waals surface area contributed by atoms with Crippen LogP contribution < -0.4 is 9.62 Å². The molecule has 224 valence electrons. The Balaban J connectivity index is 1.81. The molecule has 0 heterocycles. The SMILES string of the molecule is CCNC(=O)[C@@H](Cc1ccccc1)N(Cc1ccc(Br)cc1)C(=O)CN(c1cc(C)cc(C)c1)S(=O)(=O)c1ccccc1. The summed E-state index contributed by atoms with van der Waals surface area (Å²) in [6, 6.07) is 29.7. The first kappa shape index (κ1) is 32.0. The number of hydrogen-bond donors (Lipinski definition) is 1. The summed E-state index contributed by atoms with van der Waals surface area (Å²) in [4.78, 5) is 29.5. The van der Waals surface area contributed by atoms with Crippen molar-refractivity contribution in [3.8, 4) is 0 Å². The molecule has 4 rings (SSSR count). The summed E-state index contributed by atoms with van der Waals surface area (Å²) in [6.45, 7) is 5.62. The minimum atomic E-state index is -4.13. The third kappa shape index (κ3) is 8.33. The number of anilines is 1. The first-order chi connectivity index (χ1) is 20.6. The highest BCUT2D eigenvalue weighted by molar-refractivity contribution is 9.10. The van der Waals surface area contributed by atoms with E-state index in [0.717, 1.165) is 31.0 Å². The van der Waals surface area contributed by atoms with Gasteiger partial charge in [-0.15, -0.1) is 0 Å². The molecule has 1 N–H and O–H groups in total. The second kappa shape index (κ2) is 14.5. The first-order valence-corrected chi connectivity index (χ1v) is 16.3. The molecule has 4 aromatic rings. The summed E-state index contributed by atoms with van der Waals surface area (Å²) in [6.07, 6.45) is 0.268. The molecule has 0 saturated carbocycles. The van der Waals surface area contributed by atoms with Gasteiger partial charge < -0.3 is 10.2 Å². The van der Waals surface area contributed by atoms with Gasteiger partial charge in [-0.1, -0.05) is 82.7 Å². The van der Waals surface area contributed by atoms with Crippen molar-refractivity contribution in [3.05, 3.63) is 130 Å². The molecular weight excluding hydrogens is 626 g/mol. The fraction of sp³-hybridized carbons (Fsp3) is 0.235. The Morgan fingerprint density at radius 3 is 1.98 bits per heavy atom. The molecule has 2 amide bonds. The van der Waals surface area contributed by atoms with Gasteiger partial charge in [0.25, 0.3) is 10.0 Å². The van der Waals surface area contributed by atoms with E-state index in [1.165, 1.54) is 17.0 Å². The van der Waals surface area contributed by atoms with E-state index in [4.69, 9.17) is 0 Å². The van der Waals surface area contributed by atoms with Gasteiger partial charge in [0.05, 0.1) is 10.6 Å². The molecule has 0 aliphatic rings. The molecule has 9 heteroatoms. The third-order valence-electron chi connectivity index (χ3n) is 6.99. The van der Waals surface area contributed by atoms with Crippen LogP contribution in [0.3, 0.4) is 0 Å². The number of carbonyl (C=O) groups is 2. The number of benzene rings is 4. The Bertz CT molecular complexity index is 1630. The van der Waals surface area contributed by atoms with Crippen LogP contribution in [0.15, 0.2) is 112 Å². The number of aryl methyl sites for hydroxylation is 2. The topological polar surface area (TPSA) is 86.8 Å². The summed E-state index contributed by atoms with van der Waals surface area (Å²) in [5, 5.41) is 2.88. The lowest BCUT2D eigenvalue weighted by Gasteiger charge is -2.34. The van der Waals surface area contributed by atoms with Crippen molar-refractivity contribution in [2.45, 2.75) is 44.7 Å². The summed E-state index contributed by atoms with van der Waals surface area (Å²) < 4.78 is 30.2. The lowest BCUT2D eigenvalue weighted by Crippen LogP contribution is -2.53. The van der Waals surface area contributed by atoms with Crippen molar-refractivity contribution < 1.29 is 18.0 Å². The van der Waals surface area contributed by atoms with Crippen molar-refractivity contribution in [3.63, 3.8) is 0 Å². The summed E-state index contributed by atoms with van der Waals surface area (Å²) in [5.41, 5.74) is 3.81. The maximum atomic E-state index is 14.4. The number of halogens is 1. The molecule has 0 bridgehead atoms. The summed E-state index contributed by atoms with van der Waals surface area (Å²) in [7, 11) is -4.13. The van der Waals surface area contributed by atoms with Gasteiger partial charge in [-0.2, -0.15) is 0 Å². The number of nitrogens with one attached hydrogen (secondary N) is 1. The smallest absolute Gasteiger partial charge is 0.264 e. The predicted octanol–water partition coefficient (Wildman–Crippen LogP) is 6.04. The largest absolute Gasteiger partial charge is 0.355 e. The fourth-order valence-electron chi connectivity index (χ4n) is 4.98. The number of amides is 2. The van der Waals surface area contributed by atoms with Crippen molar-refractivity contribution in [2.75, 3.05) is 17.4 Å². The van der Waals surface area contributed by atoms with Gasteiger partial charge in [-0.3, -0.25) is 13.9 Å². The van der Waals surface area contributed by atoms with Crippen LogP contribution in [0.25, 0.3) is 0 Å². The van der Waals surface area contributed by atoms with Crippen molar-refractivity contribution in [1.29, 1.82) is 0 Å².